The van der Waals surface area contributed by atoms with Crippen molar-refractivity contribution >= 4 is 11.6 Å². The predicted molar refractivity (Wildman–Crippen MR) is 81.1 cm³/mol. The molecule has 1 saturated heterocycles. The van der Waals surface area contributed by atoms with Gasteiger partial charge in [-0.1, -0.05) is 0 Å². The molecule has 25 heavy (non-hydrogen) atoms. The second-order valence-electron chi connectivity index (χ2n) is 6.37. The van der Waals surface area contributed by atoms with E-state index in [2.05, 4.69) is 21.5 Å². The molecular formula is C16H15F2N5O2. The minimum absolute atomic E-state index is 0.154. The highest BCUT2D eigenvalue weighted by atomic mass is 19.3. The zero-order valence-electron chi connectivity index (χ0n) is 13.2. The third-order valence-corrected chi connectivity index (χ3v) is 4.55. The van der Waals surface area contributed by atoms with Crippen molar-refractivity contribution in [2.75, 3.05) is 6.61 Å². The molecule has 1 N–H and O–H groups in total. The topological polar surface area (TPSA) is 92.3 Å². The standard InChI is InChI=1S/C16H15F2N5O2/c17-16(18)6-9(7-16)21-15(24)11-3-4-20-14-10(8-19)13(22-23(11)14)12-2-1-5-25-12/h3-4,9,12H,1-2,5-7H2,(H,21,24). The van der Waals surface area contributed by atoms with Gasteiger partial charge in [0.2, 0.25) is 0 Å². The van der Waals surface area contributed by atoms with Crippen LogP contribution in [0.1, 0.15) is 53.5 Å². The van der Waals surface area contributed by atoms with E-state index in [4.69, 9.17) is 4.74 Å². The summed E-state index contributed by atoms with van der Waals surface area (Å²) in [7, 11) is 0. The van der Waals surface area contributed by atoms with E-state index in [1.54, 1.807) is 0 Å². The Morgan fingerprint density at radius 1 is 1.48 bits per heavy atom. The molecule has 1 unspecified atom stereocenters. The first-order chi connectivity index (χ1) is 12.0. The van der Waals surface area contributed by atoms with E-state index in [9.17, 15) is 18.8 Å². The molecule has 1 amide bonds. The van der Waals surface area contributed by atoms with Gasteiger partial charge in [0.25, 0.3) is 11.8 Å². The van der Waals surface area contributed by atoms with Gasteiger partial charge in [0.05, 0.1) is 0 Å². The fourth-order valence-electron chi connectivity index (χ4n) is 3.28. The van der Waals surface area contributed by atoms with Crippen molar-refractivity contribution in [3.63, 3.8) is 0 Å². The number of halogens is 2. The molecule has 1 aliphatic carbocycles. The molecule has 3 heterocycles. The highest BCUT2D eigenvalue weighted by Gasteiger charge is 2.46. The number of nitriles is 1. The minimum atomic E-state index is -2.71. The molecule has 2 fully saturated rings. The van der Waals surface area contributed by atoms with Crippen molar-refractivity contribution in [1.82, 2.24) is 19.9 Å². The first kappa shape index (κ1) is 15.9. The van der Waals surface area contributed by atoms with Crippen LogP contribution in [0.5, 0.6) is 0 Å². The lowest BCUT2D eigenvalue weighted by atomic mass is 9.88. The molecule has 1 saturated carbocycles. The summed E-state index contributed by atoms with van der Waals surface area (Å²) in [5, 5.41) is 16.4. The number of aromatic nitrogens is 3. The summed E-state index contributed by atoms with van der Waals surface area (Å²) >= 11 is 0. The van der Waals surface area contributed by atoms with Crippen LogP contribution in [0.2, 0.25) is 0 Å². The molecule has 4 rings (SSSR count). The van der Waals surface area contributed by atoms with E-state index in [1.165, 1.54) is 16.8 Å². The molecule has 2 aromatic rings. The maximum absolute atomic E-state index is 12.9. The van der Waals surface area contributed by atoms with Crippen molar-refractivity contribution in [3.05, 3.63) is 29.2 Å². The van der Waals surface area contributed by atoms with E-state index in [-0.39, 0.29) is 35.9 Å². The van der Waals surface area contributed by atoms with Gasteiger partial charge in [-0.3, -0.25) is 4.79 Å². The molecule has 9 heteroatoms. The Hall–Kier alpha value is -2.60. The van der Waals surface area contributed by atoms with Crippen molar-refractivity contribution in [2.24, 2.45) is 0 Å². The SMILES string of the molecule is N#Cc1c(C2CCCO2)nn2c(C(=O)NC3CC(F)(F)C3)ccnc12. The van der Waals surface area contributed by atoms with Crippen LogP contribution in [-0.4, -0.2) is 39.1 Å². The van der Waals surface area contributed by atoms with Gasteiger partial charge < -0.3 is 10.1 Å². The summed E-state index contributed by atoms with van der Waals surface area (Å²) in [5.74, 6) is -3.23. The number of amides is 1. The number of carbonyl (C=O) groups excluding carboxylic acids is 1. The molecule has 130 valence electrons. The van der Waals surface area contributed by atoms with E-state index < -0.39 is 17.9 Å². The lowest BCUT2D eigenvalue weighted by molar-refractivity contribution is -0.0901. The van der Waals surface area contributed by atoms with E-state index in [1.807, 2.05) is 0 Å². The van der Waals surface area contributed by atoms with Crippen molar-refractivity contribution in [1.29, 1.82) is 5.26 Å². The Kier molecular flexibility index (Phi) is 3.65. The lowest BCUT2D eigenvalue weighted by Crippen LogP contribution is -2.50. The molecule has 0 radical (unpaired) electrons. The number of hydrogen-bond donors (Lipinski definition) is 1. The Morgan fingerprint density at radius 2 is 2.28 bits per heavy atom. The zero-order valence-corrected chi connectivity index (χ0v) is 13.2. The van der Waals surface area contributed by atoms with Crippen molar-refractivity contribution in [3.8, 4) is 6.07 Å². The fourth-order valence-corrected chi connectivity index (χ4v) is 3.28. The summed E-state index contributed by atoms with van der Waals surface area (Å²) in [5.41, 5.74) is 1.15. The quantitative estimate of drug-likeness (QED) is 0.916. The molecule has 1 aliphatic heterocycles. The number of carbonyl (C=O) groups is 1. The summed E-state index contributed by atoms with van der Waals surface area (Å²) < 4.78 is 32.8. The number of ether oxygens (including phenoxy) is 1. The summed E-state index contributed by atoms with van der Waals surface area (Å²) in [6.07, 6.45) is 2.00. The molecule has 2 aromatic heterocycles. The van der Waals surface area contributed by atoms with Crippen LogP contribution in [0.25, 0.3) is 5.65 Å². The van der Waals surface area contributed by atoms with Crippen LogP contribution in [0.3, 0.4) is 0 Å². The molecular weight excluding hydrogens is 332 g/mol. The van der Waals surface area contributed by atoms with E-state index in [0.29, 0.717) is 12.3 Å². The Morgan fingerprint density at radius 3 is 2.92 bits per heavy atom. The summed E-state index contributed by atoms with van der Waals surface area (Å²) in [6, 6.07) is 2.97. The number of nitrogens with one attached hydrogen (secondary N) is 1. The predicted octanol–water partition coefficient (Wildman–Crippen LogP) is 1.98. The smallest absolute Gasteiger partial charge is 0.270 e. The second kappa shape index (κ2) is 5.74. The third-order valence-electron chi connectivity index (χ3n) is 4.55. The number of hydrogen-bond acceptors (Lipinski definition) is 5. The largest absolute Gasteiger partial charge is 0.372 e. The normalized spacial score (nSPS) is 22.5. The highest BCUT2D eigenvalue weighted by Crippen LogP contribution is 2.37. The van der Waals surface area contributed by atoms with Crippen LogP contribution in [0.4, 0.5) is 8.78 Å². The fraction of sp³-hybridized carbons (Fsp3) is 0.500. The van der Waals surface area contributed by atoms with Crippen molar-refractivity contribution in [2.45, 2.75) is 43.8 Å². The van der Waals surface area contributed by atoms with Crippen molar-refractivity contribution < 1.29 is 18.3 Å². The van der Waals surface area contributed by atoms with Gasteiger partial charge >= 0.3 is 0 Å². The van der Waals surface area contributed by atoms with Gasteiger partial charge in [0.1, 0.15) is 29.1 Å². The molecule has 0 bridgehead atoms. The van der Waals surface area contributed by atoms with Gasteiger partial charge in [0.15, 0.2) is 5.65 Å². The highest BCUT2D eigenvalue weighted by molar-refractivity contribution is 5.93. The number of rotatable bonds is 3. The summed E-state index contributed by atoms with van der Waals surface area (Å²) in [4.78, 5) is 16.6. The molecule has 7 nitrogen and oxygen atoms in total. The minimum Gasteiger partial charge on any atom is -0.372 e. The number of nitrogens with zero attached hydrogens (tertiary/aromatic N) is 4. The first-order valence-electron chi connectivity index (χ1n) is 8.06. The van der Waals surface area contributed by atoms with E-state index in [0.717, 1.165) is 12.8 Å². The Bertz CT molecular complexity index is 875. The van der Waals surface area contributed by atoms with Gasteiger partial charge in [0, 0.05) is 31.7 Å². The molecule has 1 atom stereocenters. The summed E-state index contributed by atoms with van der Waals surface area (Å²) in [6.45, 7) is 0.597. The number of fused-ring (bicyclic) bond motifs is 1. The third kappa shape index (κ3) is 2.72. The average Bonchev–Trinajstić information content (AvgIpc) is 3.19. The van der Waals surface area contributed by atoms with Gasteiger partial charge in [-0.2, -0.15) is 10.4 Å². The van der Waals surface area contributed by atoms with E-state index >= 15 is 0 Å². The molecule has 2 aliphatic rings. The average molecular weight is 347 g/mol. The van der Waals surface area contributed by atoms with Gasteiger partial charge in [-0.15, -0.1) is 0 Å². The van der Waals surface area contributed by atoms with Gasteiger partial charge in [-0.05, 0) is 18.9 Å². The van der Waals surface area contributed by atoms with Gasteiger partial charge in [-0.25, -0.2) is 18.3 Å². The molecule has 0 spiro atoms. The first-order valence-corrected chi connectivity index (χ1v) is 8.06. The second-order valence-corrected chi connectivity index (χ2v) is 6.37. The monoisotopic (exact) mass is 347 g/mol. The van der Waals surface area contributed by atoms with Crippen LogP contribution in [-0.2, 0) is 4.74 Å². The lowest BCUT2D eigenvalue weighted by Gasteiger charge is -2.35. The maximum atomic E-state index is 12.9. The Labute approximate surface area is 141 Å². The van der Waals surface area contributed by atoms with Crippen LogP contribution in [0.15, 0.2) is 12.3 Å². The Balaban J connectivity index is 1.68. The van der Waals surface area contributed by atoms with Crippen LogP contribution in [0, 0.1) is 11.3 Å². The molecule has 0 aromatic carbocycles. The number of alkyl halides is 2. The van der Waals surface area contributed by atoms with Crippen LogP contribution >= 0.6 is 0 Å². The maximum Gasteiger partial charge on any atom is 0.270 e. The van der Waals surface area contributed by atoms with Crippen LogP contribution < -0.4 is 5.32 Å². The zero-order chi connectivity index (χ0) is 17.6.